The lowest BCUT2D eigenvalue weighted by Crippen LogP contribution is -2.13. The fraction of sp³-hybridized carbons (Fsp3) is 0.174. The lowest BCUT2D eigenvalue weighted by molar-refractivity contribution is 0.102. The number of ether oxygens (including phenoxy) is 1. The molecule has 0 bridgehead atoms. The predicted octanol–water partition coefficient (Wildman–Crippen LogP) is 4.94. The number of rotatable bonds is 5. The third-order valence-corrected chi connectivity index (χ3v) is 4.72. The Morgan fingerprint density at radius 3 is 2.45 bits per heavy atom. The lowest BCUT2D eigenvalue weighted by atomic mass is 10.1. The molecule has 2 aromatic heterocycles. The van der Waals surface area contributed by atoms with Gasteiger partial charge in [0, 0.05) is 17.3 Å². The molecule has 0 aliphatic rings. The molecule has 146 valence electrons. The zero-order valence-corrected chi connectivity index (χ0v) is 16.6. The summed E-state index contributed by atoms with van der Waals surface area (Å²) in [5.74, 6) is 0.530. The minimum absolute atomic E-state index is 0.128. The van der Waals surface area contributed by atoms with Crippen molar-refractivity contribution in [2.45, 2.75) is 19.9 Å². The summed E-state index contributed by atoms with van der Waals surface area (Å²) in [6.45, 7) is 4.08. The number of benzene rings is 2. The molecular weight excluding hydrogens is 364 g/mol. The third-order valence-electron chi connectivity index (χ3n) is 4.72. The number of fused-ring (bicyclic) bond motifs is 1. The van der Waals surface area contributed by atoms with E-state index in [9.17, 15) is 4.79 Å². The van der Waals surface area contributed by atoms with E-state index in [0.717, 1.165) is 22.4 Å². The van der Waals surface area contributed by atoms with Gasteiger partial charge >= 0.3 is 0 Å². The van der Waals surface area contributed by atoms with Crippen LogP contribution in [0.5, 0.6) is 5.75 Å². The van der Waals surface area contributed by atoms with E-state index in [0.29, 0.717) is 16.9 Å². The molecule has 0 fully saturated rings. The molecule has 1 N–H and O–H groups in total. The van der Waals surface area contributed by atoms with Crippen LogP contribution in [-0.2, 0) is 0 Å². The van der Waals surface area contributed by atoms with Crippen LogP contribution in [0.15, 0.2) is 66.9 Å². The number of amides is 1. The van der Waals surface area contributed by atoms with Crippen molar-refractivity contribution in [2.75, 3.05) is 12.4 Å². The standard InChI is InChI=1S/C23H22N4O2/c1-15(2)27-22-20(14-24-27)19(13-21(26-22)16-7-5-4-6-8-16)23(28)25-17-9-11-18(29-3)12-10-17/h4-15H,1-3H3,(H,25,28). The van der Waals surface area contributed by atoms with Crippen molar-refractivity contribution in [2.24, 2.45) is 0 Å². The fourth-order valence-corrected chi connectivity index (χ4v) is 3.21. The molecule has 0 saturated heterocycles. The van der Waals surface area contributed by atoms with Crippen LogP contribution in [0.1, 0.15) is 30.2 Å². The van der Waals surface area contributed by atoms with Gasteiger partial charge in [-0.1, -0.05) is 30.3 Å². The summed E-state index contributed by atoms with van der Waals surface area (Å²) in [7, 11) is 1.61. The van der Waals surface area contributed by atoms with E-state index < -0.39 is 0 Å². The maximum Gasteiger partial charge on any atom is 0.256 e. The van der Waals surface area contributed by atoms with Crippen molar-refractivity contribution in [3.63, 3.8) is 0 Å². The van der Waals surface area contributed by atoms with Gasteiger partial charge in [-0.3, -0.25) is 4.79 Å². The van der Waals surface area contributed by atoms with Crippen molar-refractivity contribution in [3.8, 4) is 17.0 Å². The van der Waals surface area contributed by atoms with Crippen molar-refractivity contribution in [3.05, 3.63) is 72.4 Å². The molecule has 0 radical (unpaired) electrons. The van der Waals surface area contributed by atoms with Gasteiger partial charge in [0.2, 0.25) is 0 Å². The molecule has 0 aliphatic heterocycles. The first-order valence-electron chi connectivity index (χ1n) is 9.46. The molecule has 0 aliphatic carbocycles. The summed E-state index contributed by atoms with van der Waals surface area (Å²) in [4.78, 5) is 17.9. The van der Waals surface area contributed by atoms with Gasteiger partial charge < -0.3 is 10.1 Å². The van der Waals surface area contributed by atoms with Crippen LogP contribution in [0.4, 0.5) is 5.69 Å². The molecule has 6 heteroatoms. The van der Waals surface area contributed by atoms with E-state index in [4.69, 9.17) is 9.72 Å². The Balaban J connectivity index is 1.80. The maximum atomic E-state index is 13.1. The Kier molecular flexibility index (Phi) is 4.99. The van der Waals surface area contributed by atoms with Crippen LogP contribution in [0.3, 0.4) is 0 Å². The second-order valence-electron chi connectivity index (χ2n) is 7.02. The molecule has 0 unspecified atom stereocenters. The van der Waals surface area contributed by atoms with Crippen LogP contribution in [0, 0.1) is 0 Å². The summed E-state index contributed by atoms with van der Waals surface area (Å²) >= 11 is 0. The second kappa shape index (κ2) is 7.75. The smallest absolute Gasteiger partial charge is 0.256 e. The molecule has 1 amide bonds. The number of nitrogens with zero attached hydrogens (tertiary/aromatic N) is 3. The number of anilines is 1. The van der Waals surface area contributed by atoms with E-state index >= 15 is 0 Å². The number of aromatic nitrogens is 3. The molecule has 0 saturated carbocycles. The number of methoxy groups -OCH3 is 1. The summed E-state index contributed by atoms with van der Waals surface area (Å²) in [6, 6.07) is 19.0. The molecule has 0 atom stereocenters. The fourth-order valence-electron chi connectivity index (χ4n) is 3.21. The third kappa shape index (κ3) is 3.69. The van der Waals surface area contributed by atoms with E-state index in [1.165, 1.54) is 0 Å². The first kappa shape index (κ1) is 18.7. The highest BCUT2D eigenvalue weighted by Crippen LogP contribution is 2.27. The number of hydrogen-bond acceptors (Lipinski definition) is 4. The van der Waals surface area contributed by atoms with Gasteiger partial charge in [0.25, 0.3) is 5.91 Å². The summed E-state index contributed by atoms with van der Waals surface area (Å²) < 4.78 is 7.01. The van der Waals surface area contributed by atoms with E-state index in [-0.39, 0.29) is 11.9 Å². The number of nitrogens with one attached hydrogen (secondary N) is 1. The molecular formula is C23H22N4O2. The average Bonchev–Trinajstić information content (AvgIpc) is 3.18. The molecule has 2 heterocycles. The Bertz CT molecular complexity index is 1150. The molecule has 29 heavy (non-hydrogen) atoms. The minimum atomic E-state index is -0.206. The molecule has 4 rings (SSSR count). The first-order valence-corrected chi connectivity index (χ1v) is 9.46. The second-order valence-corrected chi connectivity index (χ2v) is 7.02. The number of carbonyl (C=O) groups is 1. The van der Waals surface area contributed by atoms with Crippen LogP contribution < -0.4 is 10.1 Å². The van der Waals surface area contributed by atoms with Crippen LogP contribution in [0.2, 0.25) is 0 Å². The zero-order valence-electron chi connectivity index (χ0n) is 16.6. The Morgan fingerprint density at radius 2 is 1.79 bits per heavy atom. The van der Waals surface area contributed by atoms with Gasteiger partial charge in [0.05, 0.1) is 30.0 Å². The number of pyridine rings is 1. The Morgan fingerprint density at radius 1 is 1.07 bits per heavy atom. The SMILES string of the molecule is COc1ccc(NC(=O)c2cc(-c3ccccc3)nc3c2cnn3C(C)C)cc1. The van der Waals surface area contributed by atoms with Crippen LogP contribution in [-0.4, -0.2) is 27.8 Å². The van der Waals surface area contributed by atoms with Crippen molar-refractivity contribution >= 4 is 22.6 Å². The predicted molar refractivity (Wildman–Crippen MR) is 114 cm³/mol. The highest BCUT2D eigenvalue weighted by atomic mass is 16.5. The van der Waals surface area contributed by atoms with E-state index in [2.05, 4.69) is 10.4 Å². The van der Waals surface area contributed by atoms with Gasteiger partial charge in [-0.2, -0.15) is 5.10 Å². The maximum absolute atomic E-state index is 13.1. The van der Waals surface area contributed by atoms with Gasteiger partial charge in [-0.15, -0.1) is 0 Å². The van der Waals surface area contributed by atoms with Crippen molar-refractivity contribution < 1.29 is 9.53 Å². The molecule has 2 aromatic carbocycles. The normalized spacial score (nSPS) is 11.0. The van der Waals surface area contributed by atoms with Gasteiger partial charge in [0.15, 0.2) is 5.65 Å². The zero-order chi connectivity index (χ0) is 20.4. The van der Waals surface area contributed by atoms with Crippen molar-refractivity contribution in [1.82, 2.24) is 14.8 Å². The topological polar surface area (TPSA) is 69.0 Å². The minimum Gasteiger partial charge on any atom is -0.497 e. The largest absolute Gasteiger partial charge is 0.497 e. The quantitative estimate of drug-likeness (QED) is 0.527. The monoisotopic (exact) mass is 386 g/mol. The highest BCUT2D eigenvalue weighted by Gasteiger charge is 2.18. The summed E-state index contributed by atoms with van der Waals surface area (Å²) in [5.41, 5.74) is 3.61. The first-order chi connectivity index (χ1) is 14.1. The van der Waals surface area contributed by atoms with Gasteiger partial charge in [-0.05, 0) is 44.2 Å². The Hall–Kier alpha value is -3.67. The van der Waals surface area contributed by atoms with Crippen LogP contribution >= 0.6 is 0 Å². The lowest BCUT2D eigenvalue weighted by Gasteiger charge is -2.11. The molecule has 4 aromatic rings. The van der Waals surface area contributed by atoms with Gasteiger partial charge in [-0.25, -0.2) is 9.67 Å². The van der Waals surface area contributed by atoms with Gasteiger partial charge in [0.1, 0.15) is 5.75 Å². The van der Waals surface area contributed by atoms with E-state index in [1.807, 2.05) is 79.2 Å². The van der Waals surface area contributed by atoms with Crippen molar-refractivity contribution in [1.29, 1.82) is 0 Å². The average molecular weight is 386 g/mol. The highest BCUT2D eigenvalue weighted by molar-refractivity contribution is 6.12. The number of carbonyl (C=O) groups excluding carboxylic acids is 1. The molecule has 6 nitrogen and oxygen atoms in total. The Labute approximate surface area is 169 Å². The van der Waals surface area contributed by atoms with Crippen LogP contribution in [0.25, 0.3) is 22.3 Å². The molecule has 0 spiro atoms. The summed E-state index contributed by atoms with van der Waals surface area (Å²) in [6.07, 6.45) is 1.71. The number of hydrogen-bond donors (Lipinski definition) is 1. The van der Waals surface area contributed by atoms with E-state index in [1.54, 1.807) is 13.3 Å². The summed E-state index contributed by atoms with van der Waals surface area (Å²) in [5, 5.41) is 8.15.